The van der Waals surface area contributed by atoms with Crippen molar-refractivity contribution in [3.05, 3.63) is 157 Å². The Labute approximate surface area is 325 Å². The number of hydrogen-bond donors (Lipinski definition) is 0. The maximum absolute atomic E-state index is 7.32. The molecule has 0 spiro atoms. The highest BCUT2D eigenvalue weighted by Gasteiger charge is 2.52. The number of nitrogens with zero attached hydrogens (tertiary/aromatic N) is 3. The van der Waals surface area contributed by atoms with E-state index in [0.29, 0.717) is 5.82 Å². The molecule has 0 saturated heterocycles. The van der Waals surface area contributed by atoms with Gasteiger partial charge < -0.3 is 4.74 Å². The fourth-order valence-corrected chi connectivity index (χ4v) is 21.6. The monoisotopic (exact) mass is 769 g/mol. The van der Waals surface area contributed by atoms with Gasteiger partial charge >= 0.3 is 0 Å². The predicted octanol–water partition coefficient (Wildman–Crippen LogP) is 6.74. The van der Waals surface area contributed by atoms with Gasteiger partial charge in [0.15, 0.2) is 5.82 Å². The Kier molecular flexibility index (Phi) is 8.31. The van der Waals surface area contributed by atoms with Gasteiger partial charge in [0.1, 0.15) is 31.3 Å². The van der Waals surface area contributed by atoms with Crippen molar-refractivity contribution in [2.24, 2.45) is 0 Å². The first-order valence-electron chi connectivity index (χ1n) is 18.7. The van der Waals surface area contributed by atoms with E-state index in [1.807, 2.05) is 11.8 Å². The van der Waals surface area contributed by atoms with Gasteiger partial charge in [-0.1, -0.05) is 185 Å². The smallest absolute Gasteiger partial charge is 0.229 e. The summed E-state index contributed by atoms with van der Waals surface area (Å²) in [5.74, 6) is 2.60. The zero-order valence-electron chi connectivity index (χ0n) is 31.6. The molecule has 0 saturated carbocycles. The average molecular weight is 770 g/mol. The van der Waals surface area contributed by atoms with Crippen molar-refractivity contribution in [2.75, 3.05) is 0 Å². The molecule has 0 amide bonds. The van der Waals surface area contributed by atoms with Gasteiger partial charge in [-0.25, -0.2) is 15.0 Å². The van der Waals surface area contributed by atoms with Crippen LogP contribution in [-0.2, 0) is 5.04 Å². The Morgan fingerprint density at radius 2 is 1.22 bits per heavy atom. The largest absolute Gasteiger partial charge is 0.457 e. The van der Waals surface area contributed by atoms with Gasteiger partial charge in [0.05, 0.1) is 8.07 Å². The second-order valence-corrected chi connectivity index (χ2v) is 30.1. The first kappa shape index (κ1) is 34.9. The lowest BCUT2D eigenvalue weighted by Crippen LogP contribution is -2.76. The molecule has 2 aliphatic rings. The summed E-state index contributed by atoms with van der Waals surface area (Å²) in [5, 5.41) is 7.65. The van der Waals surface area contributed by atoms with Crippen molar-refractivity contribution in [3.8, 4) is 22.9 Å². The summed E-state index contributed by atoms with van der Waals surface area (Å²) < 4.78 is 7.32. The molecular formula is C46H43N3OSSi3. The van der Waals surface area contributed by atoms with Crippen molar-refractivity contribution in [1.29, 1.82) is 0 Å². The van der Waals surface area contributed by atoms with Crippen LogP contribution < -0.4 is 41.3 Å². The van der Waals surface area contributed by atoms with Crippen LogP contribution in [-0.4, -0.2) is 39.2 Å². The third-order valence-electron chi connectivity index (χ3n) is 12.4. The lowest BCUT2D eigenvalue weighted by molar-refractivity contribution is 0.480. The lowest BCUT2D eigenvalue weighted by atomic mass is 10.0. The Bertz CT molecular complexity index is 2520. The molecule has 7 aromatic rings. The molecule has 4 nitrogen and oxygen atoms in total. The first-order chi connectivity index (χ1) is 26.1. The highest BCUT2D eigenvalue weighted by atomic mass is 32.2. The van der Waals surface area contributed by atoms with Crippen LogP contribution >= 0.6 is 11.8 Å². The minimum atomic E-state index is -3.29. The predicted molar refractivity (Wildman–Crippen MR) is 233 cm³/mol. The molecule has 3 heterocycles. The molecule has 0 radical (unpaired) electrons. The van der Waals surface area contributed by atoms with Crippen LogP contribution in [0.1, 0.15) is 19.4 Å². The van der Waals surface area contributed by atoms with E-state index in [4.69, 9.17) is 19.7 Å². The van der Waals surface area contributed by atoms with Crippen molar-refractivity contribution >= 4 is 72.6 Å². The minimum Gasteiger partial charge on any atom is -0.457 e. The molecule has 266 valence electrons. The van der Waals surface area contributed by atoms with E-state index in [2.05, 4.69) is 186 Å². The van der Waals surface area contributed by atoms with Gasteiger partial charge in [0.25, 0.3) is 0 Å². The van der Waals surface area contributed by atoms with Gasteiger partial charge in [-0.05, 0) is 48.7 Å². The number of aromatic nitrogens is 3. The lowest BCUT2D eigenvalue weighted by Gasteiger charge is -2.40. The van der Waals surface area contributed by atoms with Crippen LogP contribution in [0.15, 0.2) is 162 Å². The summed E-state index contributed by atoms with van der Waals surface area (Å²) in [4.78, 5) is 18.4. The zero-order chi connectivity index (χ0) is 37.3. The van der Waals surface area contributed by atoms with Crippen molar-refractivity contribution in [2.45, 2.75) is 54.9 Å². The van der Waals surface area contributed by atoms with Crippen molar-refractivity contribution < 1.29 is 4.74 Å². The number of benzene rings is 6. The molecule has 0 aliphatic carbocycles. The van der Waals surface area contributed by atoms with E-state index >= 15 is 0 Å². The van der Waals surface area contributed by atoms with Gasteiger partial charge in [0.2, 0.25) is 8.07 Å². The maximum Gasteiger partial charge on any atom is 0.229 e. The highest BCUT2D eigenvalue weighted by molar-refractivity contribution is 8.00. The number of para-hydroxylation sites is 2. The first-order valence-corrected chi connectivity index (χ1v) is 27.5. The SMILES string of the molecule is CC1(C)c2cccc([Si](c3ccccc3)(c3ccccc3)c3ncnc(-c4cccc5c4Sc4ccccc4[Si]5(C)C)n3)c2Oc2ccccc2[Si]1(C)C. The highest BCUT2D eigenvalue weighted by Crippen LogP contribution is 2.44. The third kappa shape index (κ3) is 5.11. The number of fused-ring (bicyclic) bond motifs is 4. The quantitative estimate of drug-likeness (QED) is 0.144. The number of ether oxygens (including phenoxy) is 1. The van der Waals surface area contributed by atoms with Crippen LogP contribution in [0, 0.1) is 0 Å². The summed E-state index contributed by atoms with van der Waals surface area (Å²) in [6.07, 6.45) is 1.74. The minimum absolute atomic E-state index is 0.143. The molecule has 8 heteroatoms. The molecule has 2 aliphatic heterocycles. The molecule has 0 bridgehead atoms. The summed E-state index contributed by atoms with van der Waals surface area (Å²) in [6.45, 7) is 14.7. The van der Waals surface area contributed by atoms with Crippen LogP contribution in [0.4, 0.5) is 0 Å². The van der Waals surface area contributed by atoms with Crippen LogP contribution in [0.5, 0.6) is 11.5 Å². The molecule has 6 aromatic carbocycles. The summed E-state index contributed by atoms with van der Waals surface area (Å²) in [7, 11) is -7.38. The Morgan fingerprint density at radius 3 is 1.94 bits per heavy atom. The van der Waals surface area contributed by atoms with E-state index in [1.54, 1.807) is 6.33 Å². The third-order valence-corrected chi connectivity index (χ3v) is 27.2. The number of hydrogen-bond acceptors (Lipinski definition) is 5. The molecule has 0 N–H and O–H groups in total. The average Bonchev–Trinajstić information content (AvgIpc) is 3.26. The van der Waals surface area contributed by atoms with Crippen molar-refractivity contribution in [3.63, 3.8) is 0 Å². The van der Waals surface area contributed by atoms with E-state index in [-0.39, 0.29) is 5.04 Å². The van der Waals surface area contributed by atoms with E-state index in [9.17, 15) is 0 Å². The summed E-state index contributed by atoms with van der Waals surface area (Å²) >= 11 is 1.85. The molecule has 0 atom stereocenters. The Hall–Kier alpha value is -4.87. The Balaban J connectivity index is 1.35. The van der Waals surface area contributed by atoms with Gasteiger partial charge in [-0.3, -0.25) is 0 Å². The summed E-state index contributed by atoms with van der Waals surface area (Å²) in [5.41, 5.74) is 3.10. The standard InChI is InChI=1S/C46H43N3OSSi3/c1-46(2)35-24-18-29-40(42(35)50-36-25-13-15-27-38(36)53(46,5)6)54(32-19-9-7-10-20-32,33-21-11-8-12-22-33)45-48-31-47-44(49-45)34-23-17-30-41-43(34)51-37-26-14-16-28-39(37)52(41,3)4/h7-31H,1-6H3. The van der Waals surface area contributed by atoms with Crippen LogP contribution in [0.2, 0.25) is 26.2 Å². The van der Waals surface area contributed by atoms with Gasteiger partial charge in [0, 0.05) is 20.5 Å². The second-order valence-electron chi connectivity index (χ2n) is 16.1. The van der Waals surface area contributed by atoms with Gasteiger partial charge in [-0.2, -0.15) is 0 Å². The van der Waals surface area contributed by atoms with Crippen molar-refractivity contribution in [1.82, 2.24) is 15.0 Å². The van der Waals surface area contributed by atoms with E-state index < -0.39 is 24.2 Å². The topological polar surface area (TPSA) is 47.9 Å². The molecule has 0 unspecified atom stereocenters. The normalized spacial score (nSPS) is 16.1. The van der Waals surface area contributed by atoms with E-state index in [0.717, 1.165) is 27.7 Å². The Morgan fingerprint density at radius 1 is 0.611 bits per heavy atom. The summed E-state index contributed by atoms with van der Waals surface area (Å²) in [6, 6.07) is 53.0. The van der Waals surface area contributed by atoms with Crippen LogP contribution in [0.3, 0.4) is 0 Å². The molecule has 1 aromatic heterocycles. The molecule has 54 heavy (non-hydrogen) atoms. The second kappa shape index (κ2) is 12.9. The molecular weight excluding hydrogens is 727 g/mol. The fraction of sp³-hybridized carbons (Fsp3) is 0.152. The molecule has 0 fully saturated rings. The van der Waals surface area contributed by atoms with Gasteiger partial charge in [-0.15, -0.1) is 0 Å². The zero-order valence-corrected chi connectivity index (χ0v) is 35.4. The molecule has 9 rings (SSSR count). The van der Waals surface area contributed by atoms with E-state index in [1.165, 1.54) is 41.3 Å². The number of rotatable bonds is 5. The van der Waals surface area contributed by atoms with Crippen LogP contribution in [0.25, 0.3) is 11.4 Å². The fourth-order valence-electron chi connectivity index (χ4n) is 8.77. The maximum atomic E-state index is 7.32.